The zero-order chi connectivity index (χ0) is 34.8. The topological polar surface area (TPSA) is 153 Å². The van der Waals surface area contributed by atoms with Crippen molar-refractivity contribution >= 4 is 63.4 Å². The summed E-state index contributed by atoms with van der Waals surface area (Å²) in [6.07, 6.45) is 1.44. The SMILES string of the molecule is CCOc1ccc(-c2csc(NC(=O)C(C)Sc3cccc(NC(=O)/C(=C\c4ccc([N+](=O)[O-])cc4)NC(=O)c4ccccc4)c3)n2)cc1. The number of rotatable bonds is 13. The molecule has 0 radical (unpaired) electrons. The van der Waals surface area contributed by atoms with Gasteiger partial charge in [-0.2, -0.15) is 0 Å². The number of carbonyl (C=O) groups is 3. The molecule has 3 amide bonds. The average Bonchev–Trinajstić information content (AvgIpc) is 3.57. The quantitative estimate of drug-likeness (QED) is 0.0492. The highest BCUT2D eigenvalue weighted by Gasteiger charge is 2.19. The van der Waals surface area contributed by atoms with Crippen LogP contribution in [0.2, 0.25) is 0 Å². The maximum atomic E-state index is 13.5. The predicted octanol–water partition coefficient (Wildman–Crippen LogP) is 7.65. The molecule has 248 valence electrons. The van der Waals surface area contributed by atoms with E-state index < -0.39 is 22.0 Å². The number of thioether (sulfide) groups is 1. The van der Waals surface area contributed by atoms with Crippen molar-refractivity contribution in [3.05, 3.63) is 135 Å². The summed E-state index contributed by atoms with van der Waals surface area (Å²) in [7, 11) is 0. The predicted molar refractivity (Wildman–Crippen MR) is 193 cm³/mol. The summed E-state index contributed by atoms with van der Waals surface area (Å²) in [6.45, 7) is 4.28. The van der Waals surface area contributed by atoms with Crippen molar-refractivity contribution in [3.8, 4) is 17.0 Å². The molecule has 0 saturated carbocycles. The van der Waals surface area contributed by atoms with Crippen molar-refractivity contribution in [3.63, 3.8) is 0 Å². The summed E-state index contributed by atoms with van der Waals surface area (Å²) in [5.74, 6) is -0.565. The number of thiazole rings is 1. The minimum absolute atomic E-state index is 0.0680. The highest BCUT2D eigenvalue weighted by molar-refractivity contribution is 8.00. The lowest BCUT2D eigenvalue weighted by atomic mass is 10.1. The van der Waals surface area contributed by atoms with E-state index in [0.29, 0.717) is 28.6 Å². The third-order valence-electron chi connectivity index (χ3n) is 6.91. The number of nitrogens with one attached hydrogen (secondary N) is 3. The molecule has 1 heterocycles. The second-order valence-corrected chi connectivity index (χ2v) is 12.7. The first-order valence-corrected chi connectivity index (χ1v) is 16.8. The van der Waals surface area contributed by atoms with Crippen molar-refractivity contribution < 1.29 is 24.0 Å². The van der Waals surface area contributed by atoms with Crippen molar-refractivity contribution in [2.45, 2.75) is 24.0 Å². The van der Waals surface area contributed by atoms with Gasteiger partial charge in [-0.3, -0.25) is 24.5 Å². The number of nitro groups is 1. The van der Waals surface area contributed by atoms with Gasteiger partial charge in [0, 0.05) is 39.2 Å². The van der Waals surface area contributed by atoms with E-state index >= 15 is 0 Å². The first kappa shape index (κ1) is 34.5. The number of amides is 3. The Bertz CT molecular complexity index is 1980. The summed E-state index contributed by atoms with van der Waals surface area (Å²) in [5.41, 5.74) is 2.74. The van der Waals surface area contributed by atoms with Gasteiger partial charge in [-0.25, -0.2) is 4.98 Å². The number of nitro benzene ring substituents is 1. The average molecular weight is 694 g/mol. The van der Waals surface area contributed by atoms with Crippen LogP contribution in [0.4, 0.5) is 16.5 Å². The van der Waals surface area contributed by atoms with Gasteiger partial charge in [0.05, 0.1) is 22.5 Å². The number of aromatic nitrogens is 1. The lowest BCUT2D eigenvalue weighted by molar-refractivity contribution is -0.384. The molecule has 1 unspecified atom stereocenters. The lowest BCUT2D eigenvalue weighted by Gasteiger charge is -2.13. The van der Waals surface area contributed by atoms with Gasteiger partial charge in [0.25, 0.3) is 17.5 Å². The Morgan fingerprint density at radius 3 is 2.39 bits per heavy atom. The van der Waals surface area contributed by atoms with Crippen LogP contribution in [0.15, 0.2) is 119 Å². The molecule has 0 aliphatic carbocycles. The molecule has 0 aliphatic rings. The number of hydrogen-bond donors (Lipinski definition) is 3. The molecule has 4 aromatic carbocycles. The molecule has 0 aliphatic heterocycles. The Labute approximate surface area is 290 Å². The first-order chi connectivity index (χ1) is 23.7. The zero-order valence-electron chi connectivity index (χ0n) is 26.4. The van der Waals surface area contributed by atoms with E-state index in [4.69, 9.17) is 4.74 Å². The van der Waals surface area contributed by atoms with E-state index in [1.165, 1.54) is 53.4 Å². The second kappa shape index (κ2) is 16.4. The number of ether oxygens (including phenoxy) is 1. The van der Waals surface area contributed by atoms with Gasteiger partial charge in [-0.05, 0) is 92.2 Å². The van der Waals surface area contributed by atoms with Crippen LogP contribution >= 0.6 is 23.1 Å². The van der Waals surface area contributed by atoms with Crippen LogP contribution in [0.1, 0.15) is 29.8 Å². The number of hydrogen-bond acceptors (Lipinski definition) is 9. The molecule has 0 fully saturated rings. The van der Waals surface area contributed by atoms with Gasteiger partial charge in [-0.1, -0.05) is 24.3 Å². The summed E-state index contributed by atoms with van der Waals surface area (Å²) in [6, 6.07) is 28.6. The van der Waals surface area contributed by atoms with Crippen LogP contribution in [-0.4, -0.2) is 39.5 Å². The maximum Gasteiger partial charge on any atom is 0.272 e. The van der Waals surface area contributed by atoms with Crippen LogP contribution in [0.3, 0.4) is 0 Å². The van der Waals surface area contributed by atoms with Crippen LogP contribution in [-0.2, 0) is 9.59 Å². The Kier molecular flexibility index (Phi) is 11.5. The van der Waals surface area contributed by atoms with Crippen molar-refractivity contribution in [1.29, 1.82) is 0 Å². The number of non-ortho nitro benzene ring substituents is 1. The third kappa shape index (κ3) is 9.62. The Morgan fingerprint density at radius 2 is 1.69 bits per heavy atom. The van der Waals surface area contributed by atoms with E-state index in [9.17, 15) is 24.5 Å². The van der Waals surface area contributed by atoms with E-state index in [0.717, 1.165) is 21.9 Å². The van der Waals surface area contributed by atoms with Crippen LogP contribution in [0.25, 0.3) is 17.3 Å². The summed E-state index contributed by atoms with van der Waals surface area (Å²) >= 11 is 2.64. The van der Waals surface area contributed by atoms with Crippen LogP contribution in [0.5, 0.6) is 5.75 Å². The third-order valence-corrected chi connectivity index (χ3v) is 8.76. The van der Waals surface area contributed by atoms with E-state index in [-0.39, 0.29) is 17.3 Å². The molecule has 11 nitrogen and oxygen atoms in total. The fourth-order valence-electron chi connectivity index (χ4n) is 4.46. The minimum atomic E-state index is -0.609. The Morgan fingerprint density at radius 1 is 0.959 bits per heavy atom. The van der Waals surface area contributed by atoms with Gasteiger partial charge in [0.15, 0.2) is 5.13 Å². The molecule has 5 rings (SSSR count). The number of nitrogens with zero attached hydrogens (tertiary/aromatic N) is 2. The maximum absolute atomic E-state index is 13.5. The normalized spacial score (nSPS) is 11.7. The summed E-state index contributed by atoms with van der Waals surface area (Å²) in [4.78, 5) is 55.3. The fraction of sp³-hybridized carbons (Fsp3) is 0.111. The van der Waals surface area contributed by atoms with Gasteiger partial charge in [-0.15, -0.1) is 23.1 Å². The van der Waals surface area contributed by atoms with E-state index in [2.05, 4.69) is 20.9 Å². The molecule has 0 spiro atoms. The monoisotopic (exact) mass is 693 g/mol. The molecule has 1 aromatic heterocycles. The van der Waals surface area contributed by atoms with Gasteiger partial charge >= 0.3 is 0 Å². The van der Waals surface area contributed by atoms with Crippen LogP contribution < -0.4 is 20.7 Å². The highest BCUT2D eigenvalue weighted by atomic mass is 32.2. The number of benzene rings is 4. The molecule has 1 atom stereocenters. The smallest absolute Gasteiger partial charge is 0.272 e. The minimum Gasteiger partial charge on any atom is -0.494 e. The van der Waals surface area contributed by atoms with Crippen molar-refractivity contribution in [2.75, 3.05) is 17.2 Å². The fourth-order valence-corrected chi connectivity index (χ4v) is 6.11. The number of carbonyl (C=O) groups excluding carboxylic acids is 3. The largest absolute Gasteiger partial charge is 0.494 e. The van der Waals surface area contributed by atoms with E-state index in [1.807, 2.05) is 42.6 Å². The summed E-state index contributed by atoms with van der Waals surface area (Å²) in [5, 5.41) is 21.3. The molecule has 49 heavy (non-hydrogen) atoms. The zero-order valence-corrected chi connectivity index (χ0v) is 28.0. The molecule has 0 saturated heterocycles. The van der Waals surface area contributed by atoms with Gasteiger partial charge in [0.1, 0.15) is 11.4 Å². The first-order valence-electron chi connectivity index (χ1n) is 15.1. The van der Waals surface area contributed by atoms with Gasteiger partial charge < -0.3 is 20.7 Å². The molecule has 0 bridgehead atoms. The van der Waals surface area contributed by atoms with E-state index in [1.54, 1.807) is 55.5 Å². The lowest BCUT2D eigenvalue weighted by Crippen LogP contribution is -2.30. The Hall–Kier alpha value is -5.79. The molecular formula is C36H31N5O6S2. The Balaban J connectivity index is 1.24. The molecular weight excluding hydrogens is 663 g/mol. The number of anilines is 2. The molecule has 5 aromatic rings. The second-order valence-electron chi connectivity index (χ2n) is 10.5. The van der Waals surface area contributed by atoms with Crippen LogP contribution in [0, 0.1) is 10.1 Å². The van der Waals surface area contributed by atoms with Crippen molar-refractivity contribution in [1.82, 2.24) is 10.3 Å². The highest BCUT2D eigenvalue weighted by Crippen LogP contribution is 2.29. The van der Waals surface area contributed by atoms with Crippen molar-refractivity contribution in [2.24, 2.45) is 0 Å². The standard InChI is InChI=1S/C36H31N5O6S2/c1-3-47-29-18-14-25(15-19-29)32-22-48-36(39-32)40-33(42)23(2)49-30-11-7-10-27(21-30)37-35(44)31(38-34(43)26-8-5-4-6-9-26)20-24-12-16-28(17-13-24)41(45)46/h4-23H,3H2,1-2H3,(H,37,44)(H,38,43)(H,39,40,42)/b31-20+. The molecule has 3 N–H and O–H groups in total. The summed E-state index contributed by atoms with van der Waals surface area (Å²) < 4.78 is 5.49. The molecule has 13 heteroatoms. The van der Waals surface area contributed by atoms with Gasteiger partial charge in [0.2, 0.25) is 5.91 Å².